The van der Waals surface area contributed by atoms with Gasteiger partial charge in [0, 0.05) is 0 Å². The van der Waals surface area contributed by atoms with E-state index in [0.717, 1.165) is 0 Å². The molecular weight excluding hydrogens is 115 g/mol. The molecule has 0 aliphatic carbocycles. The molecule has 2 nitrogen and oxygen atoms in total. The van der Waals surface area contributed by atoms with Crippen molar-refractivity contribution in [3.63, 3.8) is 0 Å². The van der Waals surface area contributed by atoms with Crippen LogP contribution in [0.5, 0.6) is 0 Å². The molecule has 0 saturated carbocycles. The van der Waals surface area contributed by atoms with E-state index < -0.39 is 0 Å². The summed E-state index contributed by atoms with van der Waals surface area (Å²) in [4.78, 5) is 18.3. The summed E-state index contributed by atoms with van der Waals surface area (Å²) >= 11 is 0.458. The number of carbonyl (C=O) groups is 2. The van der Waals surface area contributed by atoms with Gasteiger partial charge in [0.15, 0.2) is 0 Å². The van der Waals surface area contributed by atoms with Crippen molar-refractivity contribution < 1.29 is 24.0 Å². The molecule has 3 heteroatoms. The molecule has 0 spiro atoms. The maximum absolute atomic E-state index is 9.15. The predicted molar refractivity (Wildman–Crippen MR) is 13.5 cm³/mol. The Kier molecular flexibility index (Phi) is 3.71. The number of hydrogen-bond donors (Lipinski definition) is 0. The Morgan fingerprint density at radius 2 is 1.60 bits per heavy atom. The fourth-order valence-corrected chi connectivity index (χ4v) is 0.0724. The van der Waals surface area contributed by atoms with Crippen molar-refractivity contribution in [2.24, 2.45) is 0 Å². The number of rotatable bonds is 2. The van der Waals surface area contributed by atoms with E-state index >= 15 is 0 Å². The SMILES string of the molecule is O=[CH][Ni][CH]=O. The Morgan fingerprint density at radius 3 is 1.60 bits per heavy atom. The van der Waals surface area contributed by atoms with E-state index in [1.165, 1.54) is 0 Å². The van der Waals surface area contributed by atoms with Crippen molar-refractivity contribution in [3.05, 3.63) is 0 Å². The minimum absolute atomic E-state index is 0.458. The summed E-state index contributed by atoms with van der Waals surface area (Å²) in [5, 5.41) is 1.00. The third-order valence-corrected chi connectivity index (χ3v) is 0.355. The molecule has 0 amide bonds. The number of carbonyl (C=O) groups excluding carboxylic acids is 2. The van der Waals surface area contributed by atoms with Gasteiger partial charge in [-0.3, -0.25) is 0 Å². The van der Waals surface area contributed by atoms with Crippen LogP contribution in [-0.2, 0) is 24.0 Å². The number of hydrogen-bond acceptors (Lipinski definition) is 2. The molecule has 0 aromatic carbocycles. The maximum atomic E-state index is 9.15. The Balaban J connectivity index is 2.65. The first-order valence-electron chi connectivity index (χ1n) is 0.837. The summed E-state index contributed by atoms with van der Waals surface area (Å²) in [6.07, 6.45) is 0. The molecule has 0 radical (unpaired) electrons. The van der Waals surface area contributed by atoms with Gasteiger partial charge in [-0.1, -0.05) is 0 Å². The van der Waals surface area contributed by atoms with Gasteiger partial charge in [0.25, 0.3) is 0 Å². The summed E-state index contributed by atoms with van der Waals surface area (Å²) in [6, 6.07) is 0. The molecule has 0 fully saturated rings. The molecule has 0 N–H and O–H groups in total. The van der Waals surface area contributed by atoms with Crippen LogP contribution in [0.15, 0.2) is 0 Å². The molecule has 0 aromatic heterocycles. The van der Waals surface area contributed by atoms with Crippen molar-refractivity contribution in [3.8, 4) is 0 Å². The van der Waals surface area contributed by atoms with Crippen molar-refractivity contribution >= 4 is 10.5 Å². The Morgan fingerprint density at radius 1 is 1.20 bits per heavy atom. The van der Waals surface area contributed by atoms with Gasteiger partial charge in [0.1, 0.15) is 0 Å². The minimum atomic E-state index is 0.458. The van der Waals surface area contributed by atoms with Gasteiger partial charge < -0.3 is 0 Å². The Bertz CT molecular complexity index is 36.9. The second-order valence-electron chi connectivity index (χ2n) is 0.254. The molecule has 0 heterocycles. The van der Waals surface area contributed by atoms with E-state index in [1.54, 1.807) is 0 Å². The van der Waals surface area contributed by atoms with Gasteiger partial charge in [-0.25, -0.2) is 0 Å². The van der Waals surface area contributed by atoms with Crippen molar-refractivity contribution in [1.82, 2.24) is 0 Å². The second kappa shape index (κ2) is 3.83. The zero-order valence-corrected chi connectivity index (χ0v) is 3.28. The van der Waals surface area contributed by atoms with Gasteiger partial charge in [0.05, 0.1) is 0 Å². The Labute approximate surface area is 35.4 Å². The van der Waals surface area contributed by atoms with Crippen LogP contribution < -0.4 is 0 Å². The molecule has 0 saturated heterocycles. The first kappa shape index (κ1) is 4.83. The van der Waals surface area contributed by atoms with Gasteiger partial charge in [-0.05, 0) is 0 Å². The standard InChI is InChI=1S/2CHO.Ni/c2*1-2;/h2*1H;. The molecule has 0 rings (SSSR count). The fourth-order valence-electron chi connectivity index (χ4n) is 0.0176. The van der Waals surface area contributed by atoms with Crippen LogP contribution in [0.25, 0.3) is 0 Å². The third kappa shape index (κ3) is 3.83. The molecular formula is C2H2NiO2. The zero-order valence-electron chi connectivity index (χ0n) is 2.29. The summed E-state index contributed by atoms with van der Waals surface area (Å²) < 4.78 is 0. The van der Waals surface area contributed by atoms with E-state index in [0.29, 0.717) is 25.0 Å². The van der Waals surface area contributed by atoms with Gasteiger partial charge in [-0.15, -0.1) is 0 Å². The van der Waals surface area contributed by atoms with Crippen LogP contribution in [0, 0.1) is 0 Å². The second-order valence-corrected chi connectivity index (χ2v) is 1.05. The molecule has 0 aliphatic heterocycles. The predicted octanol–water partition coefficient (Wildman–Crippen LogP) is -0.551. The molecule has 0 bridgehead atoms. The molecule has 0 unspecified atom stereocenters. The first-order valence-corrected chi connectivity index (χ1v) is 1.98. The third-order valence-electron chi connectivity index (χ3n) is 0.0861. The molecule has 0 aliphatic rings. The zero-order chi connectivity index (χ0) is 4.12. The molecule has 0 atom stereocenters. The van der Waals surface area contributed by atoms with Gasteiger partial charge >= 0.3 is 34.5 Å². The molecule has 0 aromatic rings. The first-order chi connectivity index (χ1) is 2.41. The quantitative estimate of drug-likeness (QED) is 0.359. The summed E-state index contributed by atoms with van der Waals surface area (Å²) in [5.41, 5.74) is 0. The van der Waals surface area contributed by atoms with E-state index in [1.807, 2.05) is 0 Å². The van der Waals surface area contributed by atoms with E-state index in [-0.39, 0.29) is 0 Å². The van der Waals surface area contributed by atoms with E-state index in [2.05, 4.69) is 0 Å². The van der Waals surface area contributed by atoms with E-state index in [9.17, 15) is 0 Å². The van der Waals surface area contributed by atoms with Crippen molar-refractivity contribution in [2.75, 3.05) is 0 Å². The Hall–Kier alpha value is -0.166. The summed E-state index contributed by atoms with van der Waals surface area (Å²) in [5.74, 6) is 0. The average molecular weight is 117 g/mol. The van der Waals surface area contributed by atoms with Crippen LogP contribution in [0.1, 0.15) is 0 Å². The van der Waals surface area contributed by atoms with Crippen molar-refractivity contribution in [2.45, 2.75) is 0 Å². The summed E-state index contributed by atoms with van der Waals surface area (Å²) in [7, 11) is 0. The van der Waals surface area contributed by atoms with E-state index in [4.69, 9.17) is 9.59 Å². The van der Waals surface area contributed by atoms with Crippen LogP contribution >= 0.6 is 0 Å². The topological polar surface area (TPSA) is 34.1 Å². The van der Waals surface area contributed by atoms with Crippen LogP contribution in [0.4, 0.5) is 0 Å². The van der Waals surface area contributed by atoms with Crippen LogP contribution in [-0.4, -0.2) is 10.5 Å². The molecule has 32 valence electrons. The van der Waals surface area contributed by atoms with Crippen LogP contribution in [0.2, 0.25) is 0 Å². The normalized spacial score (nSPS) is 7.20. The summed E-state index contributed by atoms with van der Waals surface area (Å²) in [6.45, 7) is 0. The van der Waals surface area contributed by atoms with Crippen LogP contribution in [0.3, 0.4) is 0 Å². The average Bonchev–Trinajstić information content (AvgIpc) is 1.41. The monoisotopic (exact) mass is 116 g/mol. The fraction of sp³-hybridized carbons (Fsp3) is 0. The van der Waals surface area contributed by atoms with Crippen molar-refractivity contribution in [1.29, 1.82) is 0 Å². The molecule has 5 heavy (non-hydrogen) atoms. The van der Waals surface area contributed by atoms with Gasteiger partial charge in [0.2, 0.25) is 0 Å². The van der Waals surface area contributed by atoms with Gasteiger partial charge in [-0.2, -0.15) is 0 Å².